The second-order valence-corrected chi connectivity index (χ2v) is 8.44. The van der Waals surface area contributed by atoms with Gasteiger partial charge in [0, 0.05) is 11.0 Å². The van der Waals surface area contributed by atoms with E-state index in [0.29, 0.717) is 11.4 Å². The SMILES string of the molecule is Cc1ccc(C2CCCN2S(=O)(=O)c2ccc(Br)cc2)cc1. The fourth-order valence-electron chi connectivity index (χ4n) is 2.89. The molecule has 3 nitrogen and oxygen atoms in total. The molecular formula is C17H18BrNO2S. The van der Waals surface area contributed by atoms with Crippen molar-refractivity contribution in [2.75, 3.05) is 6.54 Å². The molecule has 0 spiro atoms. The number of halogens is 1. The molecule has 0 amide bonds. The van der Waals surface area contributed by atoms with Crippen LogP contribution in [0.4, 0.5) is 0 Å². The van der Waals surface area contributed by atoms with Gasteiger partial charge in [-0.2, -0.15) is 4.31 Å². The molecule has 1 atom stereocenters. The minimum atomic E-state index is -3.45. The maximum atomic E-state index is 12.9. The molecular weight excluding hydrogens is 362 g/mol. The molecule has 2 aromatic rings. The normalized spacial score (nSPS) is 19.5. The van der Waals surface area contributed by atoms with Crippen LogP contribution in [-0.2, 0) is 10.0 Å². The van der Waals surface area contributed by atoms with Crippen molar-refractivity contribution >= 4 is 26.0 Å². The van der Waals surface area contributed by atoms with Crippen LogP contribution in [0.2, 0.25) is 0 Å². The van der Waals surface area contributed by atoms with Crippen LogP contribution in [0.3, 0.4) is 0 Å². The van der Waals surface area contributed by atoms with Crippen LogP contribution >= 0.6 is 15.9 Å². The Morgan fingerprint density at radius 2 is 1.68 bits per heavy atom. The van der Waals surface area contributed by atoms with Crippen molar-refractivity contribution in [2.24, 2.45) is 0 Å². The highest BCUT2D eigenvalue weighted by molar-refractivity contribution is 9.10. The number of benzene rings is 2. The zero-order valence-electron chi connectivity index (χ0n) is 12.4. The van der Waals surface area contributed by atoms with Crippen molar-refractivity contribution in [3.63, 3.8) is 0 Å². The Morgan fingerprint density at radius 1 is 1.05 bits per heavy atom. The largest absolute Gasteiger partial charge is 0.243 e. The van der Waals surface area contributed by atoms with Crippen LogP contribution in [0.15, 0.2) is 57.9 Å². The molecule has 116 valence electrons. The minimum Gasteiger partial charge on any atom is -0.207 e. The van der Waals surface area contributed by atoms with Crippen LogP contribution < -0.4 is 0 Å². The van der Waals surface area contributed by atoms with Gasteiger partial charge in [-0.15, -0.1) is 0 Å². The van der Waals surface area contributed by atoms with E-state index in [4.69, 9.17) is 0 Å². The standard InChI is InChI=1S/C17H18BrNO2S/c1-13-4-6-14(7-5-13)17-3-2-12-19(17)22(20,21)16-10-8-15(18)9-11-16/h4-11,17H,2-3,12H2,1H3. The average molecular weight is 380 g/mol. The van der Waals surface area contributed by atoms with Crippen molar-refractivity contribution in [1.29, 1.82) is 0 Å². The van der Waals surface area contributed by atoms with Gasteiger partial charge in [-0.05, 0) is 49.6 Å². The van der Waals surface area contributed by atoms with Gasteiger partial charge in [0.15, 0.2) is 0 Å². The highest BCUT2D eigenvalue weighted by Crippen LogP contribution is 2.36. The van der Waals surface area contributed by atoms with Gasteiger partial charge in [0.05, 0.1) is 10.9 Å². The second kappa shape index (κ2) is 6.14. The second-order valence-electron chi connectivity index (χ2n) is 5.64. The summed E-state index contributed by atoms with van der Waals surface area (Å²) < 4.78 is 28.3. The van der Waals surface area contributed by atoms with Crippen LogP contribution in [-0.4, -0.2) is 19.3 Å². The highest BCUT2D eigenvalue weighted by Gasteiger charge is 2.35. The predicted octanol–water partition coefficient (Wildman–Crippen LogP) is 4.28. The quantitative estimate of drug-likeness (QED) is 0.797. The number of sulfonamides is 1. The number of rotatable bonds is 3. The molecule has 0 saturated carbocycles. The van der Waals surface area contributed by atoms with E-state index in [-0.39, 0.29) is 6.04 Å². The third-order valence-electron chi connectivity index (χ3n) is 4.09. The summed E-state index contributed by atoms with van der Waals surface area (Å²) in [4.78, 5) is 0.356. The maximum Gasteiger partial charge on any atom is 0.243 e. The molecule has 5 heteroatoms. The fraction of sp³-hybridized carbons (Fsp3) is 0.294. The minimum absolute atomic E-state index is 0.0609. The van der Waals surface area contributed by atoms with E-state index in [2.05, 4.69) is 15.9 Å². The molecule has 1 heterocycles. The maximum absolute atomic E-state index is 12.9. The molecule has 1 aliphatic rings. The highest BCUT2D eigenvalue weighted by atomic mass is 79.9. The predicted molar refractivity (Wildman–Crippen MR) is 91.2 cm³/mol. The molecule has 1 saturated heterocycles. The lowest BCUT2D eigenvalue weighted by molar-refractivity contribution is 0.396. The molecule has 3 rings (SSSR count). The van der Waals surface area contributed by atoms with Crippen LogP contribution in [0, 0.1) is 6.92 Å². The summed E-state index contributed by atoms with van der Waals surface area (Å²) in [6, 6.07) is 14.9. The molecule has 1 unspecified atom stereocenters. The molecule has 0 aromatic heterocycles. The van der Waals surface area contributed by atoms with Crippen LogP contribution in [0.25, 0.3) is 0 Å². The fourth-order valence-corrected chi connectivity index (χ4v) is 4.84. The number of aryl methyl sites for hydroxylation is 1. The van der Waals surface area contributed by atoms with E-state index in [0.717, 1.165) is 22.9 Å². The zero-order chi connectivity index (χ0) is 15.7. The lowest BCUT2D eigenvalue weighted by atomic mass is 10.0. The molecule has 1 aliphatic heterocycles. The first kappa shape index (κ1) is 15.7. The topological polar surface area (TPSA) is 37.4 Å². The first-order valence-corrected chi connectivity index (χ1v) is 9.56. The van der Waals surface area contributed by atoms with Crippen molar-refractivity contribution in [3.8, 4) is 0 Å². The third kappa shape index (κ3) is 2.98. The molecule has 0 radical (unpaired) electrons. The van der Waals surface area contributed by atoms with E-state index in [9.17, 15) is 8.42 Å². The van der Waals surface area contributed by atoms with Crippen molar-refractivity contribution in [1.82, 2.24) is 4.31 Å². The van der Waals surface area contributed by atoms with E-state index in [1.54, 1.807) is 28.6 Å². The summed E-state index contributed by atoms with van der Waals surface area (Å²) in [6.45, 7) is 2.62. The summed E-state index contributed by atoms with van der Waals surface area (Å²) in [5, 5.41) is 0. The smallest absolute Gasteiger partial charge is 0.207 e. The molecule has 22 heavy (non-hydrogen) atoms. The lowest BCUT2D eigenvalue weighted by Gasteiger charge is -2.24. The molecule has 1 fully saturated rings. The average Bonchev–Trinajstić information content (AvgIpc) is 2.99. The van der Waals surface area contributed by atoms with Gasteiger partial charge in [-0.3, -0.25) is 0 Å². The van der Waals surface area contributed by atoms with Gasteiger partial charge in [0.25, 0.3) is 0 Å². The Labute approximate surface area is 140 Å². The monoisotopic (exact) mass is 379 g/mol. The zero-order valence-corrected chi connectivity index (χ0v) is 14.8. The first-order valence-electron chi connectivity index (χ1n) is 7.32. The molecule has 0 bridgehead atoms. The van der Waals surface area contributed by atoms with E-state index >= 15 is 0 Å². The summed E-state index contributed by atoms with van der Waals surface area (Å²) in [5.41, 5.74) is 2.26. The van der Waals surface area contributed by atoms with Crippen LogP contribution in [0.1, 0.15) is 30.0 Å². The Balaban J connectivity index is 1.95. The number of hydrogen-bond acceptors (Lipinski definition) is 2. The molecule has 2 aromatic carbocycles. The Bertz CT molecular complexity index is 754. The lowest BCUT2D eigenvalue weighted by Crippen LogP contribution is -2.30. The van der Waals surface area contributed by atoms with Gasteiger partial charge >= 0.3 is 0 Å². The van der Waals surface area contributed by atoms with Gasteiger partial charge in [0.2, 0.25) is 10.0 Å². The Hall–Kier alpha value is -1.17. The van der Waals surface area contributed by atoms with Crippen molar-refractivity contribution in [2.45, 2.75) is 30.7 Å². The van der Waals surface area contributed by atoms with E-state index < -0.39 is 10.0 Å². The van der Waals surface area contributed by atoms with Crippen molar-refractivity contribution < 1.29 is 8.42 Å². The molecule has 0 N–H and O–H groups in total. The number of hydrogen-bond donors (Lipinski definition) is 0. The molecule has 0 aliphatic carbocycles. The summed E-state index contributed by atoms with van der Waals surface area (Å²) in [5.74, 6) is 0. The summed E-state index contributed by atoms with van der Waals surface area (Å²) in [7, 11) is -3.45. The summed E-state index contributed by atoms with van der Waals surface area (Å²) in [6.07, 6.45) is 1.77. The van der Waals surface area contributed by atoms with Gasteiger partial charge in [-0.25, -0.2) is 8.42 Å². The Morgan fingerprint density at radius 3 is 2.32 bits per heavy atom. The van der Waals surface area contributed by atoms with Crippen molar-refractivity contribution in [3.05, 3.63) is 64.1 Å². The van der Waals surface area contributed by atoms with Gasteiger partial charge in [0.1, 0.15) is 0 Å². The van der Waals surface area contributed by atoms with Crippen LogP contribution in [0.5, 0.6) is 0 Å². The summed E-state index contributed by atoms with van der Waals surface area (Å²) >= 11 is 3.34. The van der Waals surface area contributed by atoms with Gasteiger partial charge in [-0.1, -0.05) is 45.8 Å². The van der Waals surface area contributed by atoms with Gasteiger partial charge < -0.3 is 0 Å². The van der Waals surface area contributed by atoms with E-state index in [1.165, 1.54) is 5.56 Å². The number of nitrogens with zero attached hydrogens (tertiary/aromatic N) is 1. The van der Waals surface area contributed by atoms with E-state index in [1.807, 2.05) is 31.2 Å². The first-order chi connectivity index (χ1) is 10.5. The Kier molecular flexibility index (Phi) is 4.39. The third-order valence-corrected chi connectivity index (χ3v) is 6.54.